The normalized spacial score (nSPS) is 11.4. The Bertz CT molecular complexity index is 1710. The van der Waals surface area contributed by atoms with Crippen LogP contribution in [0.25, 0.3) is 21.5 Å². The molecule has 0 heterocycles. The van der Waals surface area contributed by atoms with Crippen LogP contribution in [0.2, 0.25) is 0 Å². The smallest absolute Gasteiger partial charge is 0.186 e. The molecule has 7 heteroatoms. The van der Waals surface area contributed by atoms with Crippen molar-refractivity contribution >= 4 is 39.4 Å². The lowest BCUT2D eigenvalue weighted by molar-refractivity contribution is 0.0994. The zero-order chi connectivity index (χ0) is 30.1. The molecule has 6 rings (SSSR count). The highest BCUT2D eigenvalue weighted by Crippen LogP contribution is 2.35. The van der Waals surface area contributed by atoms with Crippen LogP contribution in [0.1, 0.15) is 31.1 Å². The first-order chi connectivity index (χ1) is 20.5. The number of ether oxygens (including phenoxy) is 4. The largest absolute Gasteiger partial charge is 0.496 e. The van der Waals surface area contributed by atoms with Gasteiger partial charge in [-0.25, -0.2) is 0 Å². The molecule has 1 aliphatic rings. The van der Waals surface area contributed by atoms with Gasteiger partial charge in [0.15, 0.2) is 17.9 Å². The summed E-state index contributed by atoms with van der Waals surface area (Å²) in [5, 5.41) is 3.97. The van der Waals surface area contributed by atoms with Crippen molar-refractivity contribution in [2.45, 2.75) is 0 Å². The van der Waals surface area contributed by atoms with Crippen LogP contribution in [0.5, 0.6) is 23.0 Å². The highest BCUT2D eigenvalue weighted by Gasteiger charge is 2.17. The van der Waals surface area contributed by atoms with Crippen LogP contribution in [-0.4, -0.2) is 46.3 Å². The lowest BCUT2D eigenvalue weighted by Gasteiger charge is -2.11. The topological polar surface area (TPSA) is 88.1 Å². The second-order valence-electron chi connectivity index (χ2n) is 8.99. The Balaban J connectivity index is 0.000000146. The van der Waals surface area contributed by atoms with Crippen molar-refractivity contribution in [1.82, 2.24) is 0 Å². The first-order valence-corrected chi connectivity index (χ1v) is 13.0. The lowest BCUT2D eigenvalue weighted by Crippen LogP contribution is -2.10. The summed E-state index contributed by atoms with van der Waals surface area (Å²) in [6.45, 7) is 0. The van der Waals surface area contributed by atoms with E-state index in [4.69, 9.17) is 18.9 Å². The maximum atomic E-state index is 11.2. The second kappa shape index (κ2) is 13.8. The molecule has 0 unspecified atom stereocenters. The molecule has 0 saturated carbocycles. The van der Waals surface area contributed by atoms with E-state index in [9.17, 15) is 14.4 Å². The maximum absolute atomic E-state index is 11.2. The molecule has 0 amide bonds. The van der Waals surface area contributed by atoms with E-state index >= 15 is 0 Å². The van der Waals surface area contributed by atoms with Gasteiger partial charge in [0.1, 0.15) is 23.0 Å². The van der Waals surface area contributed by atoms with E-state index < -0.39 is 0 Å². The fourth-order valence-electron chi connectivity index (χ4n) is 4.66. The second-order valence-corrected chi connectivity index (χ2v) is 8.99. The minimum Gasteiger partial charge on any atom is -0.496 e. The van der Waals surface area contributed by atoms with Crippen molar-refractivity contribution in [1.29, 1.82) is 0 Å². The molecular weight excluding hydrogens is 532 g/mol. The van der Waals surface area contributed by atoms with Gasteiger partial charge in [-0.1, -0.05) is 72.8 Å². The zero-order valence-electron chi connectivity index (χ0n) is 23.8. The highest BCUT2D eigenvalue weighted by molar-refractivity contribution is 6.21. The van der Waals surface area contributed by atoms with Crippen molar-refractivity contribution in [3.63, 3.8) is 0 Å². The number of rotatable bonds is 5. The summed E-state index contributed by atoms with van der Waals surface area (Å²) in [7, 11) is 6.49. The SMILES string of the molecule is COc1cc(C=O)c(OC)c2ccccc12.COc1ccc(OC)c2ccccc12.O=C1C=CC(=O)c2ccccc21. The third kappa shape index (κ3) is 6.15. The van der Waals surface area contributed by atoms with Crippen LogP contribution in [0.4, 0.5) is 0 Å². The first kappa shape index (κ1) is 29.6. The summed E-state index contributed by atoms with van der Waals surface area (Å²) in [6.07, 6.45) is 3.39. The molecule has 0 N–H and O–H groups in total. The molecule has 0 bridgehead atoms. The van der Waals surface area contributed by atoms with Gasteiger partial charge in [0.05, 0.1) is 34.0 Å². The van der Waals surface area contributed by atoms with E-state index in [1.165, 1.54) is 12.2 Å². The molecule has 0 spiro atoms. The number of aldehydes is 1. The van der Waals surface area contributed by atoms with Crippen molar-refractivity contribution < 1.29 is 33.3 Å². The predicted octanol–water partition coefficient (Wildman–Crippen LogP) is 7.15. The van der Waals surface area contributed by atoms with Crippen LogP contribution >= 0.6 is 0 Å². The fraction of sp³-hybridized carbons (Fsp3) is 0.114. The summed E-state index contributed by atoms with van der Waals surface area (Å²) >= 11 is 0. The number of allylic oxidation sites excluding steroid dienone is 2. The van der Waals surface area contributed by atoms with Crippen LogP contribution in [0.3, 0.4) is 0 Å². The Labute approximate surface area is 243 Å². The van der Waals surface area contributed by atoms with Gasteiger partial charge in [0.2, 0.25) is 0 Å². The molecular formula is C35H30O7. The van der Waals surface area contributed by atoms with Crippen LogP contribution < -0.4 is 18.9 Å². The number of fused-ring (bicyclic) bond motifs is 3. The molecule has 0 fully saturated rings. The van der Waals surface area contributed by atoms with Gasteiger partial charge < -0.3 is 18.9 Å². The van der Waals surface area contributed by atoms with Crippen molar-refractivity contribution in [3.05, 3.63) is 120 Å². The number of hydrogen-bond donors (Lipinski definition) is 0. The molecule has 0 atom stereocenters. The molecule has 0 aromatic heterocycles. The van der Waals surface area contributed by atoms with Gasteiger partial charge in [-0.2, -0.15) is 0 Å². The number of methoxy groups -OCH3 is 4. The number of hydrogen-bond acceptors (Lipinski definition) is 7. The Morgan fingerprint density at radius 3 is 1.31 bits per heavy atom. The van der Waals surface area contributed by atoms with Gasteiger partial charge in [0.25, 0.3) is 0 Å². The Morgan fingerprint density at radius 2 is 0.905 bits per heavy atom. The Kier molecular flexibility index (Phi) is 9.69. The molecule has 1 aliphatic carbocycles. The molecule has 0 aliphatic heterocycles. The average Bonchev–Trinajstić information content (AvgIpc) is 3.05. The zero-order valence-corrected chi connectivity index (χ0v) is 23.8. The van der Waals surface area contributed by atoms with Crippen molar-refractivity contribution in [2.75, 3.05) is 28.4 Å². The van der Waals surface area contributed by atoms with E-state index in [0.717, 1.165) is 39.3 Å². The third-order valence-corrected chi connectivity index (χ3v) is 6.66. The Hall–Kier alpha value is -5.43. The van der Waals surface area contributed by atoms with E-state index in [-0.39, 0.29) is 11.6 Å². The minimum absolute atomic E-state index is 0.0924. The molecule has 0 saturated heterocycles. The van der Waals surface area contributed by atoms with Crippen LogP contribution in [0, 0.1) is 0 Å². The van der Waals surface area contributed by atoms with Crippen molar-refractivity contribution in [2.24, 2.45) is 0 Å². The number of benzene rings is 5. The summed E-state index contributed by atoms with van der Waals surface area (Å²) in [6, 6.07) is 28.1. The number of ketones is 2. The fourth-order valence-corrected chi connectivity index (χ4v) is 4.66. The monoisotopic (exact) mass is 562 g/mol. The lowest BCUT2D eigenvalue weighted by atomic mass is 9.95. The number of carbonyl (C=O) groups is 3. The first-order valence-electron chi connectivity index (χ1n) is 13.0. The maximum Gasteiger partial charge on any atom is 0.186 e. The summed E-state index contributed by atoms with van der Waals surface area (Å²) in [5.74, 6) is 2.84. The standard InChI is InChI=1S/C13H12O3.C12H12O2.C10H6O2/c1-15-12-7-9(8-14)13(16-2)11-6-4-3-5-10(11)12;1-13-11-7-8-12(14-2)10-6-4-3-5-9(10)11;11-9-5-6-10(12)8-4-2-1-3-7(8)9/h3-8H,1-2H3;3-8H,1-2H3;1-6H. The van der Waals surface area contributed by atoms with E-state index in [1.54, 1.807) is 58.8 Å². The van der Waals surface area contributed by atoms with Crippen LogP contribution in [0.15, 0.2) is 103 Å². The third-order valence-electron chi connectivity index (χ3n) is 6.66. The predicted molar refractivity (Wildman–Crippen MR) is 164 cm³/mol. The van der Waals surface area contributed by atoms with E-state index in [0.29, 0.717) is 28.2 Å². The van der Waals surface area contributed by atoms with Crippen LogP contribution in [-0.2, 0) is 0 Å². The molecule has 0 radical (unpaired) electrons. The van der Waals surface area contributed by atoms with Gasteiger partial charge >= 0.3 is 0 Å². The summed E-state index contributed by atoms with van der Waals surface area (Å²) in [5.41, 5.74) is 1.51. The highest BCUT2D eigenvalue weighted by atomic mass is 16.5. The molecule has 7 nitrogen and oxygen atoms in total. The quantitative estimate of drug-likeness (QED) is 0.210. The van der Waals surface area contributed by atoms with E-state index in [1.807, 2.05) is 60.7 Å². The number of carbonyl (C=O) groups excluding carboxylic acids is 3. The molecule has 42 heavy (non-hydrogen) atoms. The minimum atomic E-state index is -0.0924. The molecule has 5 aromatic rings. The summed E-state index contributed by atoms with van der Waals surface area (Å²) in [4.78, 5) is 33.3. The van der Waals surface area contributed by atoms with Crippen molar-refractivity contribution in [3.8, 4) is 23.0 Å². The Morgan fingerprint density at radius 1 is 0.500 bits per heavy atom. The van der Waals surface area contributed by atoms with Gasteiger partial charge in [-0.3, -0.25) is 14.4 Å². The van der Waals surface area contributed by atoms with Gasteiger partial charge in [-0.15, -0.1) is 0 Å². The average molecular weight is 563 g/mol. The van der Waals surface area contributed by atoms with E-state index in [2.05, 4.69) is 0 Å². The van der Waals surface area contributed by atoms with Gasteiger partial charge in [-0.05, 0) is 30.4 Å². The molecule has 212 valence electrons. The molecule has 5 aromatic carbocycles. The summed E-state index contributed by atoms with van der Waals surface area (Å²) < 4.78 is 21.1. The van der Waals surface area contributed by atoms with Gasteiger partial charge in [0, 0.05) is 32.7 Å².